The lowest BCUT2D eigenvalue weighted by Gasteiger charge is -2.57. The lowest BCUT2D eigenvalue weighted by atomic mass is 9.56. The molecule has 0 fully saturated rings. The third kappa shape index (κ3) is 2.24. The number of aromatic nitrogens is 1. The van der Waals surface area contributed by atoms with Crippen LogP contribution in [0.25, 0.3) is 0 Å². The van der Waals surface area contributed by atoms with Crippen molar-refractivity contribution in [2.75, 3.05) is 13.2 Å². The molecule has 0 amide bonds. The number of ether oxygens (including phenoxy) is 2. The fourth-order valence-corrected chi connectivity index (χ4v) is 5.26. The topological polar surface area (TPSA) is 22.3 Å². The predicted molar refractivity (Wildman–Crippen MR) is 97.6 cm³/mol. The van der Waals surface area contributed by atoms with E-state index in [-0.39, 0.29) is 29.8 Å². The molecule has 1 aromatic carbocycles. The molecule has 0 spiro atoms. The first-order valence-corrected chi connectivity index (χ1v) is 9.37. The molecule has 26 heavy (non-hydrogen) atoms. The predicted octanol–water partition coefficient (Wildman–Crippen LogP) is 1.13. The Morgan fingerprint density at radius 1 is 1.00 bits per heavy atom. The first-order valence-electron chi connectivity index (χ1n) is 9.37. The maximum absolute atomic E-state index is 6.48. The summed E-state index contributed by atoms with van der Waals surface area (Å²) in [6.45, 7) is 12.2. The molecule has 0 N–H and O–H groups in total. The number of halogens is 1. The van der Waals surface area contributed by atoms with Gasteiger partial charge in [-0.1, -0.05) is 24.3 Å². The number of pyridine rings is 1. The summed E-state index contributed by atoms with van der Waals surface area (Å²) in [4.78, 5) is 0. The van der Waals surface area contributed by atoms with Crippen LogP contribution in [0, 0.1) is 12.3 Å². The molecule has 3 heterocycles. The molecule has 2 atom stereocenters. The third-order valence-electron chi connectivity index (χ3n) is 6.12. The van der Waals surface area contributed by atoms with Gasteiger partial charge in [-0.2, -0.15) is 4.57 Å². The van der Waals surface area contributed by atoms with Crippen molar-refractivity contribution in [2.24, 2.45) is 5.41 Å². The molecule has 3 aliphatic rings. The van der Waals surface area contributed by atoms with Gasteiger partial charge in [-0.3, -0.25) is 0 Å². The van der Waals surface area contributed by atoms with E-state index in [4.69, 9.17) is 9.47 Å². The highest BCUT2D eigenvalue weighted by molar-refractivity contribution is 5.49. The van der Waals surface area contributed by atoms with Crippen LogP contribution in [0.2, 0.25) is 0 Å². The highest BCUT2D eigenvalue weighted by Gasteiger charge is 2.70. The number of benzene rings is 1. The molecule has 3 nitrogen and oxygen atoms in total. The second-order valence-corrected chi connectivity index (χ2v) is 7.70. The van der Waals surface area contributed by atoms with Crippen LogP contribution >= 0.6 is 0 Å². The van der Waals surface area contributed by atoms with Crippen molar-refractivity contribution in [1.82, 2.24) is 0 Å². The number of hydrogen-bond acceptors (Lipinski definition) is 2. The van der Waals surface area contributed by atoms with Crippen LogP contribution in [0.15, 0.2) is 42.6 Å². The van der Waals surface area contributed by atoms with Crippen molar-refractivity contribution >= 4 is 0 Å². The largest absolute Gasteiger partial charge is 1.00 e. The number of nitrogens with zero attached hydrogens (tertiary/aromatic N) is 1. The van der Waals surface area contributed by atoms with E-state index in [1.165, 1.54) is 22.4 Å². The smallest absolute Gasteiger partial charge is 0.196 e. The van der Waals surface area contributed by atoms with Crippen molar-refractivity contribution in [3.63, 3.8) is 0 Å². The first kappa shape index (κ1) is 19.3. The van der Waals surface area contributed by atoms with E-state index in [9.17, 15) is 0 Å². The molecule has 0 unspecified atom stereocenters. The van der Waals surface area contributed by atoms with Crippen LogP contribution in [0.3, 0.4) is 0 Å². The Labute approximate surface area is 162 Å². The molecule has 0 saturated heterocycles. The average Bonchev–Trinajstić information content (AvgIpc) is 2.58. The zero-order valence-electron chi connectivity index (χ0n) is 16.3. The van der Waals surface area contributed by atoms with Crippen LogP contribution in [0.5, 0.6) is 0 Å². The Morgan fingerprint density at radius 2 is 1.69 bits per heavy atom. The Kier molecular flexibility index (Phi) is 4.93. The molecular formula is C22H28ClNO2. The minimum atomic E-state index is -0.649. The molecule has 2 bridgehead atoms. The van der Waals surface area contributed by atoms with Gasteiger partial charge in [0, 0.05) is 30.9 Å². The molecule has 2 aliphatic heterocycles. The van der Waals surface area contributed by atoms with Gasteiger partial charge < -0.3 is 21.9 Å². The fraction of sp³-hybridized carbons (Fsp3) is 0.500. The molecule has 2 aromatic rings. The summed E-state index contributed by atoms with van der Waals surface area (Å²) < 4.78 is 15.4. The van der Waals surface area contributed by atoms with Gasteiger partial charge in [0.15, 0.2) is 23.7 Å². The van der Waals surface area contributed by atoms with Crippen LogP contribution in [-0.4, -0.2) is 19.0 Å². The molecule has 0 saturated carbocycles. The van der Waals surface area contributed by atoms with Crippen LogP contribution < -0.4 is 17.0 Å². The minimum absolute atomic E-state index is 0. The summed E-state index contributed by atoms with van der Waals surface area (Å²) in [6, 6.07) is 13.3. The van der Waals surface area contributed by atoms with Crippen molar-refractivity contribution in [3.8, 4) is 0 Å². The number of fused-ring (bicyclic) bond motifs is 1. The van der Waals surface area contributed by atoms with E-state index in [0.29, 0.717) is 13.2 Å². The summed E-state index contributed by atoms with van der Waals surface area (Å²) in [6.07, 6.45) is 2.21. The van der Waals surface area contributed by atoms with Crippen LogP contribution in [0.1, 0.15) is 62.0 Å². The molecule has 4 heteroatoms. The Morgan fingerprint density at radius 3 is 2.35 bits per heavy atom. The Bertz CT molecular complexity index is 812. The van der Waals surface area contributed by atoms with E-state index in [0.717, 1.165) is 0 Å². The van der Waals surface area contributed by atoms with E-state index in [1.807, 2.05) is 0 Å². The fourth-order valence-electron chi connectivity index (χ4n) is 5.26. The zero-order chi connectivity index (χ0) is 17.8. The average molecular weight is 374 g/mol. The molecule has 0 radical (unpaired) electrons. The van der Waals surface area contributed by atoms with Gasteiger partial charge in [-0.15, -0.1) is 0 Å². The first-order chi connectivity index (χ1) is 12.0. The Hall–Kier alpha value is -1.42. The van der Waals surface area contributed by atoms with Gasteiger partial charge in [-0.25, -0.2) is 0 Å². The van der Waals surface area contributed by atoms with Gasteiger partial charge in [-0.05, 0) is 45.7 Å². The van der Waals surface area contributed by atoms with Crippen molar-refractivity contribution in [2.45, 2.75) is 52.4 Å². The lowest BCUT2D eigenvalue weighted by molar-refractivity contribution is -0.755. The van der Waals surface area contributed by atoms with Gasteiger partial charge in [0.1, 0.15) is 5.92 Å². The normalized spacial score (nSPS) is 23.7. The number of aryl methyl sites for hydroxylation is 1. The SMILES string of the molecule is CCOC1(OCC)[C@H]2c3cccc(C)c3[C@H]([n+]3ccccc32)C1(C)C.[Cl-]. The van der Waals surface area contributed by atoms with Gasteiger partial charge in [0.05, 0.1) is 5.41 Å². The van der Waals surface area contributed by atoms with Gasteiger partial charge in [0.25, 0.3) is 0 Å². The summed E-state index contributed by atoms with van der Waals surface area (Å²) >= 11 is 0. The molecule has 5 rings (SSSR count). The quantitative estimate of drug-likeness (QED) is 0.592. The summed E-state index contributed by atoms with van der Waals surface area (Å²) in [7, 11) is 0. The minimum Gasteiger partial charge on any atom is -1.00 e. The van der Waals surface area contributed by atoms with Crippen molar-refractivity contribution in [3.05, 3.63) is 65.0 Å². The summed E-state index contributed by atoms with van der Waals surface area (Å²) in [5, 5.41) is 0. The van der Waals surface area contributed by atoms with Crippen LogP contribution in [0.4, 0.5) is 0 Å². The highest BCUT2D eigenvalue weighted by atomic mass is 35.5. The molecule has 140 valence electrons. The second-order valence-electron chi connectivity index (χ2n) is 7.70. The second kappa shape index (κ2) is 6.63. The van der Waals surface area contributed by atoms with E-state index in [1.54, 1.807) is 0 Å². The van der Waals surface area contributed by atoms with Crippen molar-refractivity contribution in [1.29, 1.82) is 0 Å². The molecular weight excluding hydrogens is 346 g/mol. The third-order valence-corrected chi connectivity index (χ3v) is 6.12. The Balaban J connectivity index is 0.00000196. The van der Waals surface area contributed by atoms with E-state index in [2.05, 4.69) is 81.8 Å². The summed E-state index contributed by atoms with van der Waals surface area (Å²) in [5.41, 5.74) is 5.24. The van der Waals surface area contributed by atoms with Crippen LogP contribution in [-0.2, 0) is 9.47 Å². The zero-order valence-corrected chi connectivity index (χ0v) is 17.0. The number of hydrogen-bond donors (Lipinski definition) is 0. The van der Waals surface area contributed by atoms with E-state index < -0.39 is 5.79 Å². The molecule has 1 aliphatic carbocycles. The summed E-state index contributed by atoms with van der Waals surface area (Å²) in [5.74, 6) is -0.577. The highest BCUT2D eigenvalue weighted by Crippen LogP contribution is 2.62. The van der Waals surface area contributed by atoms with Gasteiger partial charge >= 0.3 is 0 Å². The van der Waals surface area contributed by atoms with E-state index >= 15 is 0 Å². The maximum atomic E-state index is 6.48. The maximum Gasteiger partial charge on any atom is 0.196 e. The molecule has 1 aromatic heterocycles. The monoisotopic (exact) mass is 373 g/mol. The van der Waals surface area contributed by atoms with Gasteiger partial charge in [0.2, 0.25) is 0 Å². The number of rotatable bonds is 4. The standard InChI is InChI=1S/C22H28NO2.ClH/c1-6-24-22(25-7-2)19-16-12-10-11-15(3)18(16)20(21(22,4)5)23-14-9-8-13-17(19)23;/h8-14,19-20H,6-7H2,1-5H3;1H/q+1;/p-1/t19-,20-;/m0./s1. The van der Waals surface area contributed by atoms with Crippen molar-refractivity contribution < 1.29 is 26.4 Å². The lowest BCUT2D eigenvalue weighted by Crippen LogP contribution is -3.00.